The van der Waals surface area contributed by atoms with Crippen molar-refractivity contribution in [2.75, 3.05) is 45.8 Å². The molecule has 118 valence electrons. The highest BCUT2D eigenvalue weighted by Crippen LogP contribution is 2.31. The summed E-state index contributed by atoms with van der Waals surface area (Å²) < 4.78 is 0. The Hall–Kier alpha value is -0.0300. The van der Waals surface area contributed by atoms with Gasteiger partial charge in [0.05, 0.1) is 5.41 Å². The summed E-state index contributed by atoms with van der Waals surface area (Å²) >= 11 is 0. The molecule has 2 heterocycles. The summed E-state index contributed by atoms with van der Waals surface area (Å²) in [6, 6.07) is 0. The number of rotatable bonds is 3. The van der Waals surface area contributed by atoms with Crippen molar-refractivity contribution >= 4 is 30.7 Å². The van der Waals surface area contributed by atoms with E-state index in [0.717, 1.165) is 51.6 Å². The number of amides is 1. The lowest BCUT2D eigenvalue weighted by Gasteiger charge is -2.38. The zero-order chi connectivity index (χ0) is 12.6. The van der Waals surface area contributed by atoms with Gasteiger partial charge in [0.25, 0.3) is 0 Å². The van der Waals surface area contributed by atoms with E-state index < -0.39 is 0 Å². The molecule has 0 bridgehead atoms. The summed E-state index contributed by atoms with van der Waals surface area (Å²) in [5.74, 6) is 1.34. The number of hydrogen-bond acceptors (Lipinski definition) is 3. The third-order valence-corrected chi connectivity index (χ3v) is 4.76. The van der Waals surface area contributed by atoms with Gasteiger partial charge in [-0.15, -0.1) is 24.8 Å². The van der Waals surface area contributed by atoms with Gasteiger partial charge < -0.3 is 10.2 Å². The molecule has 0 spiro atoms. The summed E-state index contributed by atoms with van der Waals surface area (Å²) in [6.45, 7) is 9.24. The Balaban J connectivity index is 0.000001000. The molecule has 20 heavy (non-hydrogen) atoms. The maximum atomic E-state index is 12.5. The van der Waals surface area contributed by atoms with Crippen LogP contribution in [-0.4, -0.2) is 61.5 Å². The fraction of sp³-hybridized carbons (Fsp3) is 0.929. The SMILES string of the molecule is CC1(C(=O)N2CCN(CC3CC3)CC2)CCNC1.Cl.Cl. The normalized spacial score (nSPS) is 30.6. The number of carbonyl (C=O) groups is 1. The van der Waals surface area contributed by atoms with Crippen LogP contribution >= 0.6 is 24.8 Å². The van der Waals surface area contributed by atoms with Gasteiger partial charge in [0, 0.05) is 39.3 Å². The number of halogens is 2. The Labute approximate surface area is 134 Å². The van der Waals surface area contributed by atoms with Gasteiger partial charge in [-0.3, -0.25) is 9.69 Å². The molecule has 1 atom stereocenters. The molecule has 0 aromatic heterocycles. The van der Waals surface area contributed by atoms with Gasteiger partial charge in [-0.25, -0.2) is 0 Å². The predicted molar refractivity (Wildman–Crippen MR) is 85.8 cm³/mol. The summed E-state index contributed by atoms with van der Waals surface area (Å²) in [7, 11) is 0. The van der Waals surface area contributed by atoms with E-state index in [4.69, 9.17) is 0 Å². The van der Waals surface area contributed by atoms with Crippen molar-refractivity contribution in [1.29, 1.82) is 0 Å². The minimum atomic E-state index is -0.140. The molecule has 1 N–H and O–H groups in total. The second kappa shape index (κ2) is 7.30. The molecule has 4 nitrogen and oxygen atoms in total. The van der Waals surface area contributed by atoms with Gasteiger partial charge >= 0.3 is 0 Å². The zero-order valence-corrected chi connectivity index (χ0v) is 13.9. The van der Waals surface area contributed by atoms with E-state index in [0.29, 0.717) is 5.91 Å². The Bertz CT molecular complexity index is 322. The molecule has 2 saturated heterocycles. The number of hydrogen-bond donors (Lipinski definition) is 1. The van der Waals surface area contributed by atoms with Gasteiger partial charge in [-0.2, -0.15) is 0 Å². The van der Waals surface area contributed by atoms with Crippen molar-refractivity contribution in [1.82, 2.24) is 15.1 Å². The van der Waals surface area contributed by atoms with Crippen molar-refractivity contribution in [2.45, 2.75) is 26.2 Å². The summed E-state index contributed by atoms with van der Waals surface area (Å²) in [5, 5.41) is 3.32. The molecule has 0 aromatic carbocycles. The monoisotopic (exact) mass is 323 g/mol. The average Bonchev–Trinajstić information content (AvgIpc) is 3.09. The number of nitrogens with one attached hydrogen (secondary N) is 1. The molecule has 3 rings (SSSR count). The van der Waals surface area contributed by atoms with Crippen LogP contribution in [0.5, 0.6) is 0 Å². The van der Waals surface area contributed by atoms with E-state index >= 15 is 0 Å². The van der Waals surface area contributed by atoms with Crippen LogP contribution in [0.1, 0.15) is 26.2 Å². The predicted octanol–water partition coefficient (Wildman–Crippen LogP) is 1.38. The molecule has 3 aliphatic rings. The van der Waals surface area contributed by atoms with Crippen molar-refractivity contribution in [3.05, 3.63) is 0 Å². The molecule has 6 heteroatoms. The first-order chi connectivity index (χ1) is 8.67. The van der Waals surface area contributed by atoms with Crippen LogP contribution in [0.25, 0.3) is 0 Å². The third-order valence-electron chi connectivity index (χ3n) is 4.76. The fourth-order valence-corrected chi connectivity index (χ4v) is 3.18. The minimum absolute atomic E-state index is 0. The van der Waals surface area contributed by atoms with Gasteiger partial charge in [0.2, 0.25) is 5.91 Å². The van der Waals surface area contributed by atoms with E-state index in [1.807, 2.05) is 0 Å². The van der Waals surface area contributed by atoms with Crippen molar-refractivity contribution < 1.29 is 4.79 Å². The number of nitrogens with zero attached hydrogens (tertiary/aromatic N) is 2. The molecule has 1 aliphatic carbocycles. The average molecular weight is 324 g/mol. The van der Waals surface area contributed by atoms with E-state index in [2.05, 4.69) is 22.0 Å². The molecule has 1 saturated carbocycles. The molecule has 3 fully saturated rings. The lowest BCUT2D eigenvalue weighted by atomic mass is 9.88. The minimum Gasteiger partial charge on any atom is -0.340 e. The maximum absolute atomic E-state index is 12.5. The second-order valence-electron chi connectivity index (χ2n) is 6.52. The lowest BCUT2D eigenvalue weighted by Crippen LogP contribution is -2.53. The largest absolute Gasteiger partial charge is 0.340 e. The van der Waals surface area contributed by atoms with Crippen molar-refractivity contribution in [3.8, 4) is 0 Å². The van der Waals surface area contributed by atoms with Crippen LogP contribution in [0.15, 0.2) is 0 Å². The third kappa shape index (κ3) is 4.00. The molecule has 0 aromatic rings. The lowest BCUT2D eigenvalue weighted by molar-refractivity contribution is -0.142. The van der Waals surface area contributed by atoms with Gasteiger partial charge in [-0.1, -0.05) is 0 Å². The van der Waals surface area contributed by atoms with E-state index in [1.165, 1.54) is 19.4 Å². The first-order valence-corrected chi connectivity index (χ1v) is 7.40. The van der Waals surface area contributed by atoms with Crippen LogP contribution in [0, 0.1) is 11.3 Å². The summed E-state index contributed by atoms with van der Waals surface area (Å²) in [6.07, 6.45) is 3.83. The fourth-order valence-electron chi connectivity index (χ4n) is 3.18. The molecule has 1 unspecified atom stereocenters. The first-order valence-electron chi connectivity index (χ1n) is 7.40. The Morgan fingerprint density at radius 1 is 1.20 bits per heavy atom. The highest BCUT2D eigenvalue weighted by atomic mass is 35.5. The van der Waals surface area contributed by atoms with Crippen LogP contribution < -0.4 is 5.32 Å². The van der Waals surface area contributed by atoms with Gasteiger partial charge in [0.15, 0.2) is 0 Å². The molecule has 1 amide bonds. The zero-order valence-electron chi connectivity index (χ0n) is 12.3. The first kappa shape index (κ1) is 18.0. The molecular formula is C14H27Cl2N3O. The van der Waals surface area contributed by atoms with Gasteiger partial charge in [0.1, 0.15) is 0 Å². The summed E-state index contributed by atoms with van der Waals surface area (Å²) in [4.78, 5) is 17.2. The Morgan fingerprint density at radius 2 is 1.85 bits per heavy atom. The Kier molecular flexibility index (Phi) is 6.58. The number of carbonyl (C=O) groups excluding carboxylic acids is 1. The van der Waals surface area contributed by atoms with Crippen molar-refractivity contribution in [3.63, 3.8) is 0 Å². The van der Waals surface area contributed by atoms with E-state index in [1.54, 1.807) is 0 Å². The maximum Gasteiger partial charge on any atom is 0.229 e. The second-order valence-corrected chi connectivity index (χ2v) is 6.52. The van der Waals surface area contributed by atoms with Crippen LogP contribution in [0.3, 0.4) is 0 Å². The highest BCUT2D eigenvalue weighted by molar-refractivity contribution is 5.85. The van der Waals surface area contributed by atoms with E-state index in [-0.39, 0.29) is 30.2 Å². The van der Waals surface area contributed by atoms with Crippen LogP contribution in [0.2, 0.25) is 0 Å². The van der Waals surface area contributed by atoms with Gasteiger partial charge in [-0.05, 0) is 38.6 Å². The molecule has 2 aliphatic heterocycles. The van der Waals surface area contributed by atoms with E-state index in [9.17, 15) is 4.79 Å². The summed E-state index contributed by atoms with van der Waals surface area (Å²) in [5.41, 5.74) is -0.140. The molecular weight excluding hydrogens is 297 g/mol. The highest BCUT2D eigenvalue weighted by Gasteiger charge is 2.40. The van der Waals surface area contributed by atoms with Crippen LogP contribution in [-0.2, 0) is 4.79 Å². The standard InChI is InChI=1S/C14H25N3O.2ClH/c1-14(4-5-15-11-14)13(18)17-8-6-16(7-9-17)10-12-2-3-12;;/h12,15H,2-11H2,1H3;2*1H. The Morgan fingerprint density at radius 3 is 2.35 bits per heavy atom. The molecule has 0 radical (unpaired) electrons. The van der Waals surface area contributed by atoms with Crippen LogP contribution in [0.4, 0.5) is 0 Å². The quantitative estimate of drug-likeness (QED) is 0.852. The van der Waals surface area contributed by atoms with Crippen molar-refractivity contribution in [2.24, 2.45) is 11.3 Å². The number of piperazine rings is 1. The smallest absolute Gasteiger partial charge is 0.229 e. The topological polar surface area (TPSA) is 35.6 Å².